The lowest BCUT2D eigenvalue weighted by molar-refractivity contribution is -0.136. The van der Waals surface area contributed by atoms with E-state index in [0.717, 1.165) is 31.3 Å². The number of hydrogen-bond donors (Lipinski definition) is 0. The lowest BCUT2D eigenvalue weighted by atomic mass is 10.1. The van der Waals surface area contributed by atoms with Gasteiger partial charge in [-0.1, -0.05) is 0 Å². The second-order valence-electron chi connectivity index (χ2n) is 5.49. The van der Waals surface area contributed by atoms with E-state index in [9.17, 15) is 4.79 Å². The third-order valence-corrected chi connectivity index (χ3v) is 4.56. The third kappa shape index (κ3) is 2.58. The molecule has 2 aromatic rings. The molecule has 3 rings (SSSR count). The van der Waals surface area contributed by atoms with Gasteiger partial charge in [-0.05, 0) is 29.3 Å². The van der Waals surface area contributed by atoms with Crippen molar-refractivity contribution >= 4 is 17.2 Å². The minimum atomic E-state index is -0.352. The van der Waals surface area contributed by atoms with Crippen molar-refractivity contribution < 1.29 is 4.79 Å². The first-order valence-corrected chi connectivity index (χ1v) is 7.88. The van der Waals surface area contributed by atoms with Gasteiger partial charge in [0.05, 0.1) is 0 Å². The molecule has 0 fully saturated rings. The van der Waals surface area contributed by atoms with Crippen molar-refractivity contribution in [3.63, 3.8) is 0 Å². The van der Waals surface area contributed by atoms with Crippen LogP contribution in [0.25, 0.3) is 0 Å². The van der Waals surface area contributed by atoms with Crippen molar-refractivity contribution in [2.24, 2.45) is 0 Å². The highest BCUT2D eigenvalue weighted by Crippen LogP contribution is 2.28. The third-order valence-electron chi connectivity index (χ3n) is 3.83. The van der Waals surface area contributed by atoms with Gasteiger partial charge in [0.1, 0.15) is 5.82 Å². The van der Waals surface area contributed by atoms with Gasteiger partial charge >= 0.3 is 0 Å². The molecular formula is C14H19N5OS. The molecule has 0 aliphatic carbocycles. The van der Waals surface area contributed by atoms with Crippen LogP contribution >= 0.6 is 11.3 Å². The predicted molar refractivity (Wildman–Crippen MR) is 80.9 cm³/mol. The van der Waals surface area contributed by atoms with Gasteiger partial charge in [-0.15, -0.1) is 10.2 Å². The van der Waals surface area contributed by atoms with Crippen LogP contribution in [0.1, 0.15) is 23.3 Å². The number of nitrogens with zero attached hydrogens (tertiary/aromatic N) is 5. The highest BCUT2D eigenvalue weighted by atomic mass is 32.1. The maximum absolute atomic E-state index is 12.6. The van der Waals surface area contributed by atoms with Gasteiger partial charge in [0.2, 0.25) is 5.91 Å². The molecule has 1 aliphatic heterocycles. The normalized spacial score (nSPS) is 18.5. The van der Waals surface area contributed by atoms with Gasteiger partial charge < -0.3 is 9.47 Å². The molecule has 0 saturated carbocycles. The fourth-order valence-corrected chi connectivity index (χ4v) is 3.36. The van der Waals surface area contributed by atoms with Gasteiger partial charge in [-0.3, -0.25) is 9.69 Å². The number of aromatic nitrogens is 3. The lowest BCUT2D eigenvalue weighted by Crippen LogP contribution is -2.45. The molecule has 21 heavy (non-hydrogen) atoms. The van der Waals surface area contributed by atoms with Crippen LogP contribution in [0.5, 0.6) is 0 Å². The van der Waals surface area contributed by atoms with Gasteiger partial charge in [0.15, 0.2) is 11.9 Å². The van der Waals surface area contributed by atoms with E-state index in [4.69, 9.17) is 0 Å². The van der Waals surface area contributed by atoms with E-state index in [1.54, 1.807) is 30.3 Å². The van der Waals surface area contributed by atoms with Crippen LogP contribution in [0.2, 0.25) is 0 Å². The molecule has 0 aromatic carbocycles. The molecule has 1 amide bonds. The highest BCUT2D eigenvalue weighted by molar-refractivity contribution is 7.07. The van der Waals surface area contributed by atoms with Crippen LogP contribution in [0, 0.1) is 6.92 Å². The number of hydrogen-bond acceptors (Lipinski definition) is 5. The Bertz CT molecular complexity index is 634. The summed E-state index contributed by atoms with van der Waals surface area (Å²) >= 11 is 1.68. The average Bonchev–Trinajstić information content (AvgIpc) is 3.08. The molecular weight excluding hydrogens is 286 g/mol. The van der Waals surface area contributed by atoms with E-state index >= 15 is 0 Å². The largest absolute Gasteiger partial charge is 0.347 e. The first-order valence-electron chi connectivity index (χ1n) is 6.94. The fraction of sp³-hybridized carbons (Fsp3) is 0.500. The molecule has 0 radical (unpaired) electrons. The van der Waals surface area contributed by atoms with Crippen molar-refractivity contribution in [2.75, 3.05) is 20.6 Å². The fourth-order valence-electron chi connectivity index (χ4n) is 2.70. The number of carbonyl (C=O) groups excluding carboxylic acids is 1. The summed E-state index contributed by atoms with van der Waals surface area (Å²) < 4.78 is 2.05. The maximum atomic E-state index is 12.6. The lowest BCUT2D eigenvalue weighted by Gasteiger charge is -2.35. The van der Waals surface area contributed by atoms with Gasteiger partial charge in [0, 0.05) is 33.7 Å². The molecule has 0 N–H and O–H groups in total. The minimum Gasteiger partial charge on any atom is -0.347 e. The molecule has 6 nitrogen and oxygen atoms in total. The highest BCUT2D eigenvalue weighted by Gasteiger charge is 2.36. The Morgan fingerprint density at radius 1 is 1.43 bits per heavy atom. The number of likely N-dealkylation sites (N-methyl/N-ethyl adjacent to an activating group) is 1. The summed E-state index contributed by atoms with van der Waals surface area (Å²) in [7, 11) is 3.57. The molecule has 7 heteroatoms. The average molecular weight is 305 g/mol. The van der Waals surface area contributed by atoms with Crippen LogP contribution in [0.4, 0.5) is 0 Å². The minimum absolute atomic E-state index is 0.0542. The predicted octanol–water partition coefficient (Wildman–Crippen LogP) is 1.29. The van der Waals surface area contributed by atoms with Crippen molar-refractivity contribution in [2.45, 2.75) is 26.1 Å². The molecule has 0 saturated heterocycles. The summed E-state index contributed by atoms with van der Waals surface area (Å²) in [4.78, 5) is 16.4. The van der Waals surface area contributed by atoms with Crippen LogP contribution in [-0.4, -0.2) is 51.1 Å². The molecule has 0 bridgehead atoms. The van der Waals surface area contributed by atoms with Crippen LogP contribution in [0.15, 0.2) is 16.8 Å². The first-order chi connectivity index (χ1) is 10.1. The summed E-state index contributed by atoms with van der Waals surface area (Å²) in [5, 5.41) is 12.6. The Kier molecular flexibility index (Phi) is 3.77. The SMILES string of the molecule is Cc1nnc2n1CCN(Cc1ccsc1)C2C(=O)N(C)C. The number of carbonyl (C=O) groups is 1. The molecule has 3 heterocycles. The monoisotopic (exact) mass is 305 g/mol. The first kappa shape index (κ1) is 14.2. The zero-order chi connectivity index (χ0) is 15.0. The molecule has 1 unspecified atom stereocenters. The van der Waals surface area contributed by atoms with E-state index in [0.29, 0.717) is 0 Å². The Morgan fingerprint density at radius 2 is 2.24 bits per heavy atom. The van der Waals surface area contributed by atoms with Crippen LogP contribution in [0.3, 0.4) is 0 Å². The van der Waals surface area contributed by atoms with Gasteiger partial charge in [-0.25, -0.2) is 0 Å². The van der Waals surface area contributed by atoms with Gasteiger partial charge in [0.25, 0.3) is 0 Å². The van der Waals surface area contributed by atoms with Crippen molar-refractivity contribution in [3.8, 4) is 0 Å². The van der Waals surface area contributed by atoms with Crippen molar-refractivity contribution in [1.82, 2.24) is 24.6 Å². The van der Waals surface area contributed by atoms with E-state index < -0.39 is 0 Å². The Balaban J connectivity index is 1.94. The van der Waals surface area contributed by atoms with E-state index in [1.165, 1.54) is 5.56 Å². The summed E-state index contributed by atoms with van der Waals surface area (Å²) in [6, 6.07) is 1.75. The Hall–Kier alpha value is -1.73. The van der Waals surface area contributed by atoms with E-state index in [1.807, 2.05) is 6.92 Å². The smallest absolute Gasteiger partial charge is 0.247 e. The molecule has 2 aromatic heterocycles. The molecule has 0 spiro atoms. The topological polar surface area (TPSA) is 54.3 Å². The zero-order valence-corrected chi connectivity index (χ0v) is 13.3. The maximum Gasteiger partial charge on any atom is 0.247 e. The number of aryl methyl sites for hydroxylation is 1. The Labute approximate surface area is 128 Å². The summed E-state index contributed by atoms with van der Waals surface area (Å²) in [5.41, 5.74) is 1.24. The molecule has 1 aliphatic rings. The van der Waals surface area contributed by atoms with Crippen LogP contribution in [-0.2, 0) is 17.9 Å². The number of thiophene rings is 1. The van der Waals surface area contributed by atoms with E-state index in [2.05, 4.69) is 36.5 Å². The van der Waals surface area contributed by atoms with Gasteiger partial charge in [-0.2, -0.15) is 11.3 Å². The van der Waals surface area contributed by atoms with Crippen molar-refractivity contribution in [1.29, 1.82) is 0 Å². The number of fused-ring (bicyclic) bond motifs is 1. The number of amides is 1. The number of rotatable bonds is 3. The summed E-state index contributed by atoms with van der Waals surface area (Å²) in [6.07, 6.45) is 0. The van der Waals surface area contributed by atoms with Crippen molar-refractivity contribution in [3.05, 3.63) is 34.0 Å². The molecule has 112 valence electrons. The van der Waals surface area contributed by atoms with E-state index in [-0.39, 0.29) is 11.9 Å². The second-order valence-corrected chi connectivity index (χ2v) is 6.27. The quantitative estimate of drug-likeness (QED) is 0.857. The Morgan fingerprint density at radius 3 is 2.90 bits per heavy atom. The zero-order valence-electron chi connectivity index (χ0n) is 12.5. The standard InChI is InChI=1S/C14H19N5OS/c1-10-15-16-13-12(14(20)17(2)3)18(5-6-19(10)13)8-11-4-7-21-9-11/h4,7,9,12H,5-6,8H2,1-3H3. The van der Waals surface area contributed by atoms with Crippen LogP contribution < -0.4 is 0 Å². The molecule has 1 atom stereocenters. The summed E-state index contributed by atoms with van der Waals surface area (Å²) in [5.74, 6) is 1.68. The summed E-state index contributed by atoms with van der Waals surface area (Å²) in [6.45, 7) is 4.35. The second kappa shape index (κ2) is 5.57.